The van der Waals surface area contributed by atoms with Crippen molar-refractivity contribution in [2.24, 2.45) is 0 Å². The summed E-state index contributed by atoms with van der Waals surface area (Å²) >= 11 is 0. The third-order valence-corrected chi connectivity index (χ3v) is 2.35. The minimum atomic E-state index is -0.955. The lowest BCUT2D eigenvalue weighted by Crippen LogP contribution is -2.06. The van der Waals surface area contributed by atoms with E-state index >= 15 is 0 Å². The van der Waals surface area contributed by atoms with Crippen molar-refractivity contribution >= 4 is 20.4 Å². The van der Waals surface area contributed by atoms with Gasteiger partial charge in [0.15, 0.2) is 8.46 Å². The van der Waals surface area contributed by atoms with Crippen molar-refractivity contribution in [2.45, 2.75) is 31.3 Å². The quantitative estimate of drug-likeness (QED) is 0.614. The third kappa shape index (κ3) is 7.40. The second-order valence-corrected chi connectivity index (χ2v) is 3.57. The normalized spacial score (nSPS) is 10.5. The fourth-order valence-corrected chi connectivity index (χ4v) is 1.30. The van der Waals surface area contributed by atoms with Crippen LogP contribution in [0.5, 0.6) is 0 Å². The largest absolute Gasteiger partial charge is 0.481 e. The van der Waals surface area contributed by atoms with Crippen LogP contribution >= 0.6 is 8.46 Å². The van der Waals surface area contributed by atoms with Gasteiger partial charge in [0.05, 0.1) is 0 Å². The summed E-state index contributed by atoms with van der Waals surface area (Å²) in [5, 5.41) is 16.6. The Balaban J connectivity index is 3.69. The molecule has 0 aromatic rings. The van der Waals surface area contributed by atoms with Crippen molar-refractivity contribution in [3.8, 4) is 0 Å². The number of carboxylic acids is 2. The van der Waals surface area contributed by atoms with Gasteiger partial charge in [-0.2, -0.15) is 0 Å². The summed E-state index contributed by atoms with van der Waals surface area (Å²) in [6.45, 7) is 0. The van der Waals surface area contributed by atoms with Gasteiger partial charge in [-0.05, 0) is 12.8 Å². The topological polar surface area (TPSA) is 91.7 Å². The number of carboxylic acid groups (broad SMARTS) is 2. The molecule has 0 aliphatic rings. The number of rotatable bonds is 7. The van der Waals surface area contributed by atoms with Crippen LogP contribution in [0.15, 0.2) is 0 Å². The lowest BCUT2D eigenvalue weighted by atomic mass is 10.1. The first kappa shape index (κ1) is 12.0. The number of hydrogen-bond acceptors (Lipinski definition) is 3. The van der Waals surface area contributed by atoms with E-state index in [2.05, 4.69) is 0 Å². The highest BCUT2D eigenvalue weighted by atomic mass is 31.1. The fraction of sp³-hybridized carbons (Fsp3) is 0.714. The molecule has 0 spiro atoms. The van der Waals surface area contributed by atoms with Crippen LogP contribution in [-0.4, -0.2) is 27.8 Å². The molecule has 13 heavy (non-hydrogen) atoms. The van der Waals surface area contributed by atoms with Crippen molar-refractivity contribution in [1.82, 2.24) is 0 Å². The Morgan fingerprint density at radius 1 is 1.08 bits per heavy atom. The molecule has 0 atom stereocenters. The SMILES string of the molecule is O=PC(CCC(=O)O)CCC(=O)O. The van der Waals surface area contributed by atoms with E-state index < -0.39 is 11.9 Å². The highest BCUT2D eigenvalue weighted by molar-refractivity contribution is 7.24. The molecule has 0 rings (SSSR count). The predicted octanol–water partition coefficient (Wildman–Crippen LogP) is 1.38. The minimum absolute atomic E-state index is 0.0699. The van der Waals surface area contributed by atoms with E-state index in [1.807, 2.05) is 0 Å². The van der Waals surface area contributed by atoms with Crippen LogP contribution in [0.2, 0.25) is 0 Å². The van der Waals surface area contributed by atoms with E-state index in [1.165, 1.54) is 0 Å². The molecule has 0 fully saturated rings. The molecule has 0 aromatic heterocycles. The van der Waals surface area contributed by atoms with Crippen LogP contribution in [0.25, 0.3) is 0 Å². The van der Waals surface area contributed by atoms with Crippen molar-refractivity contribution in [3.63, 3.8) is 0 Å². The molecule has 2 N–H and O–H groups in total. The average molecular weight is 206 g/mol. The highest BCUT2D eigenvalue weighted by Gasteiger charge is 2.12. The van der Waals surface area contributed by atoms with Gasteiger partial charge < -0.3 is 10.2 Å². The Morgan fingerprint density at radius 3 is 1.69 bits per heavy atom. The Morgan fingerprint density at radius 2 is 1.46 bits per heavy atom. The Bertz CT molecular complexity index is 185. The maximum absolute atomic E-state index is 10.4. The molecule has 0 saturated heterocycles. The lowest BCUT2D eigenvalue weighted by Gasteiger charge is -2.04. The molecule has 0 radical (unpaired) electrons. The van der Waals surface area contributed by atoms with Gasteiger partial charge in [0.2, 0.25) is 0 Å². The van der Waals surface area contributed by atoms with E-state index in [0.717, 1.165) is 0 Å². The first-order chi connectivity index (χ1) is 6.06. The summed E-state index contributed by atoms with van der Waals surface area (Å²) in [6.07, 6.45) is 0.375. The summed E-state index contributed by atoms with van der Waals surface area (Å²) in [5.74, 6) is -1.91. The number of carbonyl (C=O) groups is 2. The average Bonchev–Trinajstić information content (AvgIpc) is 2.04. The van der Waals surface area contributed by atoms with Crippen LogP contribution in [0.1, 0.15) is 25.7 Å². The van der Waals surface area contributed by atoms with Gasteiger partial charge in [0.1, 0.15) is 0 Å². The molecule has 0 heterocycles. The van der Waals surface area contributed by atoms with Crippen LogP contribution in [0.4, 0.5) is 0 Å². The summed E-state index contributed by atoms with van der Waals surface area (Å²) < 4.78 is 10.4. The molecule has 0 bridgehead atoms. The van der Waals surface area contributed by atoms with Crippen molar-refractivity contribution < 1.29 is 24.4 Å². The van der Waals surface area contributed by atoms with Gasteiger partial charge >= 0.3 is 11.9 Å². The Hall–Kier alpha value is -0.960. The monoisotopic (exact) mass is 206 g/mol. The minimum Gasteiger partial charge on any atom is -0.481 e. The van der Waals surface area contributed by atoms with Gasteiger partial charge in [0, 0.05) is 18.5 Å². The van der Waals surface area contributed by atoms with Crippen molar-refractivity contribution in [3.05, 3.63) is 0 Å². The van der Waals surface area contributed by atoms with E-state index in [4.69, 9.17) is 10.2 Å². The highest BCUT2D eigenvalue weighted by Crippen LogP contribution is 2.18. The van der Waals surface area contributed by atoms with E-state index in [0.29, 0.717) is 0 Å². The molecule has 0 aromatic carbocycles. The van der Waals surface area contributed by atoms with Crippen LogP contribution in [-0.2, 0) is 14.2 Å². The zero-order chi connectivity index (χ0) is 10.3. The first-order valence-corrected chi connectivity index (χ1v) is 4.70. The van der Waals surface area contributed by atoms with Gasteiger partial charge in [0.25, 0.3) is 0 Å². The second-order valence-electron chi connectivity index (χ2n) is 2.62. The Kier molecular flexibility index (Phi) is 6.06. The molecule has 74 valence electrons. The zero-order valence-corrected chi connectivity index (χ0v) is 7.87. The zero-order valence-electron chi connectivity index (χ0n) is 6.97. The van der Waals surface area contributed by atoms with E-state index in [9.17, 15) is 14.2 Å². The number of aliphatic carboxylic acids is 2. The summed E-state index contributed by atoms with van der Waals surface area (Å²) in [6, 6.07) is 0. The summed E-state index contributed by atoms with van der Waals surface area (Å²) in [4.78, 5) is 20.3. The smallest absolute Gasteiger partial charge is 0.303 e. The first-order valence-electron chi connectivity index (χ1n) is 3.82. The fourth-order valence-electron chi connectivity index (χ4n) is 0.830. The van der Waals surface area contributed by atoms with Gasteiger partial charge in [-0.3, -0.25) is 14.2 Å². The molecule has 0 amide bonds. The van der Waals surface area contributed by atoms with Gasteiger partial charge in [-0.15, -0.1) is 0 Å². The molecule has 5 nitrogen and oxygen atoms in total. The molecule has 0 unspecified atom stereocenters. The summed E-state index contributed by atoms with van der Waals surface area (Å²) in [7, 11) is -0.176. The lowest BCUT2D eigenvalue weighted by molar-refractivity contribution is -0.137. The van der Waals surface area contributed by atoms with Crippen LogP contribution in [0.3, 0.4) is 0 Å². The van der Waals surface area contributed by atoms with Crippen LogP contribution in [0, 0.1) is 0 Å². The van der Waals surface area contributed by atoms with Gasteiger partial charge in [-0.25, -0.2) is 0 Å². The maximum Gasteiger partial charge on any atom is 0.303 e. The predicted molar refractivity (Wildman–Crippen MR) is 45.1 cm³/mol. The Labute approximate surface area is 77.0 Å². The van der Waals surface area contributed by atoms with E-state index in [-0.39, 0.29) is 39.8 Å². The van der Waals surface area contributed by atoms with Crippen molar-refractivity contribution in [2.75, 3.05) is 0 Å². The third-order valence-electron chi connectivity index (χ3n) is 1.53. The number of hydrogen-bond donors (Lipinski definition) is 2. The molecular formula is C7H11O5P. The maximum atomic E-state index is 10.4. The molecule has 0 aliphatic heterocycles. The van der Waals surface area contributed by atoms with E-state index in [1.54, 1.807) is 0 Å². The molecule has 6 heteroatoms. The van der Waals surface area contributed by atoms with Crippen molar-refractivity contribution in [1.29, 1.82) is 0 Å². The molecular weight excluding hydrogens is 195 g/mol. The molecule has 0 saturated carbocycles. The standard InChI is InChI=1S/C7H11O5P/c8-6(9)3-1-5(13-12)2-4-7(10)11/h5H,1-4H2,(H,8,9)(H,10,11). The molecule has 0 aliphatic carbocycles. The van der Waals surface area contributed by atoms with Crippen LogP contribution < -0.4 is 0 Å². The van der Waals surface area contributed by atoms with Gasteiger partial charge in [-0.1, -0.05) is 0 Å². The second kappa shape index (κ2) is 6.54. The summed E-state index contributed by atoms with van der Waals surface area (Å²) in [5.41, 5.74) is -0.354.